The number of nitrogens with zero attached hydrogens (tertiary/aromatic N) is 1. The molecule has 7 nitrogen and oxygen atoms in total. The van der Waals surface area contributed by atoms with Gasteiger partial charge in [0.25, 0.3) is 0 Å². The van der Waals surface area contributed by atoms with Gasteiger partial charge in [0.05, 0.1) is 24.7 Å². The predicted octanol–water partition coefficient (Wildman–Crippen LogP) is 2.95. The monoisotopic (exact) mass is 393 g/mol. The van der Waals surface area contributed by atoms with Gasteiger partial charge in [-0.1, -0.05) is 19.9 Å². The number of ether oxygens (including phenoxy) is 3. The largest absolute Gasteiger partial charge is 0.496 e. The molecule has 27 heavy (non-hydrogen) atoms. The molecule has 0 aliphatic heterocycles. The van der Waals surface area contributed by atoms with Gasteiger partial charge >= 0.3 is 5.97 Å². The molecular formula is C19H23NO6S. The molecule has 0 fully saturated rings. The molecule has 0 amide bonds. The minimum atomic E-state index is -3.67. The van der Waals surface area contributed by atoms with Crippen molar-refractivity contribution in [3.05, 3.63) is 48.0 Å². The normalized spacial score (nSPS) is 11.3. The number of carbonyl (C=O) groups is 1. The van der Waals surface area contributed by atoms with Crippen molar-refractivity contribution in [2.75, 3.05) is 27.3 Å². The first-order valence-corrected chi connectivity index (χ1v) is 9.85. The van der Waals surface area contributed by atoms with E-state index in [1.807, 2.05) is 0 Å². The second-order valence-electron chi connectivity index (χ2n) is 5.56. The second-order valence-corrected chi connectivity index (χ2v) is 7.49. The van der Waals surface area contributed by atoms with Crippen LogP contribution in [0.15, 0.2) is 47.4 Å². The summed E-state index contributed by atoms with van der Waals surface area (Å²) in [4.78, 5) is 12.5. The Bertz CT molecular complexity index is 884. The summed E-state index contributed by atoms with van der Waals surface area (Å²) in [7, 11) is -0.690. The predicted molar refractivity (Wildman–Crippen MR) is 101 cm³/mol. The average Bonchev–Trinajstić information content (AvgIpc) is 2.68. The Morgan fingerprint density at radius 1 is 0.926 bits per heavy atom. The van der Waals surface area contributed by atoms with Crippen molar-refractivity contribution >= 4 is 16.0 Å². The van der Waals surface area contributed by atoms with E-state index in [0.29, 0.717) is 24.6 Å². The van der Waals surface area contributed by atoms with Gasteiger partial charge in [0.2, 0.25) is 10.0 Å². The van der Waals surface area contributed by atoms with Gasteiger partial charge in [-0.05, 0) is 18.2 Å². The first kappa shape index (κ1) is 20.7. The first-order chi connectivity index (χ1) is 12.8. The zero-order valence-electron chi connectivity index (χ0n) is 15.8. The fourth-order valence-corrected chi connectivity index (χ4v) is 4.01. The lowest BCUT2D eigenvalue weighted by Gasteiger charge is -2.18. The molecule has 0 unspecified atom stereocenters. The van der Waals surface area contributed by atoms with E-state index < -0.39 is 16.0 Å². The third-order valence-corrected chi connectivity index (χ3v) is 5.99. The van der Waals surface area contributed by atoms with Crippen LogP contribution in [0, 0.1) is 0 Å². The number of carbonyl (C=O) groups excluding carboxylic acids is 1. The molecule has 2 rings (SSSR count). The van der Waals surface area contributed by atoms with Gasteiger partial charge in [-0.15, -0.1) is 0 Å². The summed E-state index contributed by atoms with van der Waals surface area (Å²) in [6, 6.07) is 10.5. The highest BCUT2D eigenvalue weighted by atomic mass is 32.2. The Morgan fingerprint density at radius 2 is 1.48 bits per heavy atom. The molecule has 0 aliphatic rings. The Balaban J connectivity index is 2.31. The van der Waals surface area contributed by atoms with Crippen LogP contribution >= 0.6 is 0 Å². The molecule has 0 saturated carbocycles. The molecule has 8 heteroatoms. The minimum Gasteiger partial charge on any atom is -0.496 e. The van der Waals surface area contributed by atoms with Crippen molar-refractivity contribution in [1.82, 2.24) is 4.31 Å². The van der Waals surface area contributed by atoms with Crippen LogP contribution in [0.5, 0.6) is 17.2 Å². The van der Waals surface area contributed by atoms with E-state index >= 15 is 0 Å². The van der Waals surface area contributed by atoms with Crippen LogP contribution in [0.4, 0.5) is 0 Å². The number of sulfonamides is 1. The summed E-state index contributed by atoms with van der Waals surface area (Å²) in [5.74, 6) is 0.486. The number of hydrogen-bond acceptors (Lipinski definition) is 6. The minimum absolute atomic E-state index is 0.0453. The van der Waals surface area contributed by atoms with Crippen LogP contribution in [-0.4, -0.2) is 46.0 Å². The van der Waals surface area contributed by atoms with Crippen molar-refractivity contribution in [3.8, 4) is 17.2 Å². The highest BCUT2D eigenvalue weighted by Crippen LogP contribution is 2.28. The Kier molecular flexibility index (Phi) is 6.81. The van der Waals surface area contributed by atoms with Crippen molar-refractivity contribution < 1.29 is 27.4 Å². The van der Waals surface area contributed by atoms with Crippen LogP contribution in [-0.2, 0) is 10.0 Å². The quantitative estimate of drug-likeness (QED) is 0.507. The van der Waals surface area contributed by atoms with Gasteiger partial charge in [0, 0.05) is 31.3 Å². The molecular weight excluding hydrogens is 370 g/mol. The first-order valence-electron chi connectivity index (χ1n) is 8.41. The zero-order chi connectivity index (χ0) is 20.0. The van der Waals surface area contributed by atoms with E-state index in [1.54, 1.807) is 19.9 Å². The molecule has 0 saturated heterocycles. The summed E-state index contributed by atoms with van der Waals surface area (Å²) >= 11 is 0. The standard InChI is InChI=1S/C19H23NO6S/c1-5-20(6-2)27(22,23)18-9-7-8-14(10-18)19(21)26-17-12-15(24-3)11-16(13-17)25-4/h7-13H,5-6H2,1-4H3. The van der Waals surface area contributed by atoms with Crippen molar-refractivity contribution in [1.29, 1.82) is 0 Å². The molecule has 2 aromatic carbocycles. The SMILES string of the molecule is CCN(CC)S(=O)(=O)c1cccc(C(=O)Oc2cc(OC)cc(OC)c2)c1. The molecule has 0 atom stereocenters. The maximum atomic E-state index is 12.6. The Labute approximate surface area is 159 Å². The topological polar surface area (TPSA) is 82.1 Å². The van der Waals surface area contributed by atoms with E-state index in [1.165, 1.54) is 54.9 Å². The molecule has 0 aromatic heterocycles. The Hall–Kier alpha value is -2.58. The maximum Gasteiger partial charge on any atom is 0.343 e. The molecule has 0 spiro atoms. The maximum absolute atomic E-state index is 12.6. The van der Waals surface area contributed by atoms with Crippen molar-refractivity contribution in [2.45, 2.75) is 18.7 Å². The summed E-state index contributed by atoms with van der Waals surface area (Å²) in [5, 5.41) is 0. The fraction of sp³-hybridized carbons (Fsp3) is 0.316. The Morgan fingerprint density at radius 3 is 2.00 bits per heavy atom. The van der Waals surface area contributed by atoms with E-state index in [9.17, 15) is 13.2 Å². The van der Waals surface area contributed by atoms with Crippen LogP contribution < -0.4 is 14.2 Å². The fourth-order valence-electron chi connectivity index (χ4n) is 2.50. The third kappa shape index (κ3) is 4.78. The highest BCUT2D eigenvalue weighted by molar-refractivity contribution is 7.89. The summed E-state index contributed by atoms with van der Waals surface area (Å²) in [5.41, 5.74) is 0.130. The number of rotatable bonds is 8. The molecule has 2 aromatic rings. The smallest absolute Gasteiger partial charge is 0.343 e. The lowest BCUT2D eigenvalue weighted by molar-refractivity contribution is 0.0734. The lowest BCUT2D eigenvalue weighted by Crippen LogP contribution is -2.30. The summed E-state index contributed by atoms with van der Waals surface area (Å²) in [6.45, 7) is 4.21. The van der Waals surface area contributed by atoms with Crippen LogP contribution in [0.1, 0.15) is 24.2 Å². The van der Waals surface area contributed by atoms with Crippen molar-refractivity contribution in [3.63, 3.8) is 0 Å². The molecule has 0 heterocycles. The number of methoxy groups -OCH3 is 2. The van der Waals surface area contributed by atoms with Gasteiger partial charge in [-0.3, -0.25) is 0 Å². The molecule has 0 radical (unpaired) electrons. The molecule has 0 bridgehead atoms. The van der Waals surface area contributed by atoms with E-state index in [4.69, 9.17) is 14.2 Å². The van der Waals surface area contributed by atoms with E-state index in [0.717, 1.165) is 0 Å². The highest BCUT2D eigenvalue weighted by Gasteiger charge is 2.23. The van der Waals surface area contributed by atoms with Crippen molar-refractivity contribution in [2.24, 2.45) is 0 Å². The van der Waals surface area contributed by atoms with Gasteiger partial charge in [0.15, 0.2) is 0 Å². The lowest BCUT2D eigenvalue weighted by atomic mass is 10.2. The van der Waals surface area contributed by atoms with Crippen LogP contribution in [0.25, 0.3) is 0 Å². The van der Waals surface area contributed by atoms with E-state index in [-0.39, 0.29) is 16.2 Å². The number of esters is 1. The van der Waals surface area contributed by atoms with Gasteiger partial charge in [-0.2, -0.15) is 4.31 Å². The average molecular weight is 393 g/mol. The molecule has 0 aliphatic carbocycles. The number of benzene rings is 2. The van der Waals surface area contributed by atoms with E-state index in [2.05, 4.69) is 0 Å². The molecule has 0 N–H and O–H groups in total. The van der Waals surface area contributed by atoms with Gasteiger partial charge < -0.3 is 14.2 Å². The molecule has 146 valence electrons. The van der Waals surface area contributed by atoms with Gasteiger partial charge in [0.1, 0.15) is 17.2 Å². The summed E-state index contributed by atoms with van der Waals surface area (Å²) < 4.78 is 42.2. The van der Waals surface area contributed by atoms with Crippen LogP contribution in [0.3, 0.4) is 0 Å². The van der Waals surface area contributed by atoms with Crippen LogP contribution in [0.2, 0.25) is 0 Å². The van der Waals surface area contributed by atoms with Gasteiger partial charge in [-0.25, -0.2) is 13.2 Å². The summed E-state index contributed by atoms with van der Waals surface area (Å²) in [6.07, 6.45) is 0. The zero-order valence-corrected chi connectivity index (χ0v) is 16.6. The third-order valence-electron chi connectivity index (χ3n) is 3.95. The second kappa shape index (κ2) is 8.88. The number of hydrogen-bond donors (Lipinski definition) is 0.